The maximum Gasteiger partial charge on any atom is 0.253 e. The molecule has 0 aromatic heterocycles. The fourth-order valence-electron chi connectivity index (χ4n) is 3.47. The number of hydrogen-bond donors (Lipinski definition) is 2. The third-order valence-corrected chi connectivity index (χ3v) is 4.81. The second kappa shape index (κ2) is 7.39. The predicted molar refractivity (Wildman–Crippen MR) is 99.3 cm³/mol. The number of hydrogen-bond acceptors (Lipinski definition) is 3. The van der Waals surface area contributed by atoms with Crippen molar-refractivity contribution in [1.29, 1.82) is 0 Å². The maximum absolute atomic E-state index is 12.1. The monoisotopic (exact) mass is 323 g/mol. The molecule has 126 valence electrons. The first-order chi connectivity index (χ1) is 11.7. The van der Waals surface area contributed by atoms with Gasteiger partial charge in [0, 0.05) is 31.5 Å². The van der Waals surface area contributed by atoms with Gasteiger partial charge < -0.3 is 16.0 Å². The minimum atomic E-state index is -0.0799. The van der Waals surface area contributed by atoms with Crippen LogP contribution in [0.2, 0.25) is 0 Å². The van der Waals surface area contributed by atoms with E-state index in [2.05, 4.69) is 40.5 Å². The lowest BCUT2D eigenvalue weighted by Gasteiger charge is -2.34. The van der Waals surface area contributed by atoms with Crippen LogP contribution in [0.5, 0.6) is 0 Å². The molecule has 0 radical (unpaired) electrons. The molecule has 24 heavy (non-hydrogen) atoms. The van der Waals surface area contributed by atoms with E-state index in [1.807, 2.05) is 12.1 Å². The van der Waals surface area contributed by atoms with Crippen LogP contribution in [0.25, 0.3) is 0 Å². The molecule has 0 atom stereocenters. The predicted octanol–water partition coefficient (Wildman–Crippen LogP) is 3.09. The van der Waals surface area contributed by atoms with Gasteiger partial charge in [0.05, 0.1) is 5.56 Å². The number of carbonyl (C=O) groups excluding carboxylic acids is 1. The van der Waals surface area contributed by atoms with Gasteiger partial charge in [-0.05, 0) is 48.9 Å². The van der Waals surface area contributed by atoms with Crippen molar-refractivity contribution >= 4 is 17.3 Å². The fourth-order valence-corrected chi connectivity index (χ4v) is 3.47. The van der Waals surface area contributed by atoms with Crippen LogP contribution in [0, 0.1) is 5.92 Å². The highest BCUT2D eigenvalue weighted by Crippen LogP contribution is 2.29. The Labute approximate surface area is 143 Å². The van der Waals surface area contributed by atoms with Crippen molar-refractivity contribution in [3.8, 4) is 0 Å². The molecule has 2 aromatic rings. The van der Waals surface area contributed by atoms with Gasteiger partial charge in [-0.3, -0.25) is 4.79 Å². The molecule has 0 spiro atoms. The molecule has 4 nitrogen and oxygen atoms in total. The van der Waals surface area contributed by atoms with E-state index in [-0.39, 0.29) is 5.91 Å². The Morgan fingerprint density at radius 2 is 1.88 bits per heavy atom. The van der Waals surface area contributed by atoms with Gasteiger partial charge in [-0.1, -0.05) is 30.3 Å². The summed E-state index contributed by atoms with van der Waals surface area (Å²) in [5.41, 5.74) is 9.55. The van der Waals surface area contributed by atoms with E-state index in [9.17, 15) is 4.79 Å². The minimum Gasteiger partial charge on any atom is -0.399 e. The zero-order valence-electron chi connectivity index (χ0n) is 14.2. The summed E-state index contributed by atoms with van der Waals surface area (Å²) in [6.07, 6.45) is 3.43. The van der Waals surface area contributed by atoms with Crippen LogP contribution >= 0.6 is 0 Å². The molecule has 1 heterocycles. The van der Waals surface area contributed by atoms with Gasteiger partial charge in [-0.2, -0.15) is 0 Å². The Morgan fingerprint density at radius 1 is 1.17 bits per heavy atom. The summed E-state index contributed by atoms with van der Waals surface area (Å²) < 4.78 is 0. The molecular formula is C20H25N3O. The lowest BCUT2D eigenvalue weighted by atomic mass is 9.89. The molecule has 0 bridgehead atoms. The average molecular weight is 323 g/mol. The van der Waals surface area contributed by atoms with E-state index in [0.717, 1.165) is 38.0 Å². The van der Waals surface area contributed by atoms with Crippen molar-refractivity contribution in [3.05, 3.63) is 59.7 Å². The summed E-state index contributed by atoms with van der Waals surface area (Å²) in [4.78, 5) is 14.5. The average Bonchev–Trinajstić information content (AvgIpc) is 2.62. The number of nitrogens with zero attached hydrogens (tertiary/aromatic N) is 1. The smallest absolute Gasteiger partial charge is 0.253 e. The van der Waals surface area contributed by atoms with Gasteiger partial charge in [-0.25, -0.2) is 0 Å². The standard InChI is InChI=1S/C20H25N3O/c1-22-20(24)18-14-17(21)7-8-19(18)23-11-9-16(10-12-23)13-15-5-3-2-4-6-15/h2-8,14,16H,9-13,21H2,1H3,(H,22,24). The molecular weight excluding hydrogens is 298 g/mol. The van der Waals surface area contributed by atoms with Crippen LogP contribution in [0.15, 0.2) is 48.5 Å². The second-order valence-electron chi connectivity index (χ2n) is 6.48. The second-order valence-corrected chi connectivity index (χ2v) is 6.48. The molecule has 1 saturated heterocycles. The first-order valence-corrected chi connectivity index (χ1v) is 8.58. The largest absolute Gasteiger partial charge is 0.399 e. The van der Waals surface area contributed by atoms with E-state index in [0.29, 0.717) is 17.2 Å². The Bertz CT molecular complexity index is 691. The van der Waals surface area contributed by atoms with Crippen LogP contribution in [0.3, 0.4) is 0 Å². The SMILES string of the molecule is CNC(=O)c1cc(N)ccc1N1CCC(Cc2ccccc2)CC1. The highest BCUT2D eigenvalue weighted by molar-refractivity contribution is 6.00. The third-order valence-electron chi connectivity index (χ3n) is 4.81. The molecule has 3 rings (SSSR count). The number of nitrogens with two attached hydrogens (primary N) is 1. The molecule has 0 saturated carbocycles. The molecule has 3 N–H and O–H groups in total. The van der Waals surface area contributed by atoms with Crippen molar-refractivity contribution in [3.63, 3.8) is 0 Å². The number of amides is 1. The number of nitrogen functional groups attached to an aromatic ring is 1. The molecule has 1 aliphatic rings. The Balaban J connectivity index is 1.67. The molecule has 2 aromatic carbocycles. The number of benzene rings is 2. The number of piperidine rings is 1. The molecule has 4 heteroatoms. The topological polar surface area (TPSA) is 58.4 Å². The lowest BCUT2D eigenvalue weighted by Crippen LogP contribution is -2.36. The van der Waals surface area contributed by atoms with Crippen molar-refractivity contribution < 1.29 is 4.79 Å². The van der Waals surface area contributed by atoms with Gasteiger partial charge >= 0.3 is 0 Å². The van der Waals surface area contributed by atoms with Gasteiger partial charge in [0.1, 0.15) is 0 Å². The first-order valence-electron chi connectivity index (χ1n) is 8.58. The minimum absolute atomic E-state index is 0.0799. The van der Waals surface area contributed by atoms with Crippen LogP contribution < -0.4 is 16.0 Å². The van der Waals surface area contributed by atoms with Crippen molar-refractivity contribution in [2.45, 2.75) is 19.3 Å². The molecule has 1 fully saturated rings. The van der Waals surface area contributed by atoms with Gasteiger partial charge in [0.2, 0.25) is 0 Å². The number of nitrogens with one attached hydrogen (secondary N) is 1. The van der Waals surface area contributed by atoms with Crippen LogP contribution in [-0.2, 0) is 6.42 Å². The van der Waals surface area contributed by atoms with Crippen LogP contribution in [-0.4, -0.2) is 26.0 Å². The summed E-state index contributed by atoms with van der Waals surface area (Å²) >= 11 is 0. The Morgan fingerprint density at radius 3 is 2.54 bits per heavy atom. The Kier molecular flexibility index (Phi) is 5.04. The van der Waals surface area contributed by atoms with Crippen LogP contribution in [0.1, 0.15) is 28.8 Å². The van der Waals surface area contributed by atoms with Gasteiger partial charge in [-0.15, -0.1) is 0 Å². The van der Waals surface area contributed by atoms with E-state index in [1.54, 1.807) is 13.1 Å². The number of anilines is 2. The summed E-state index contributed by atoms with van der Waals surface area (Å²) in [5, 5.41) is 2.71. The van der Waals surface area contributed by atoms with E-state index in [4.69, 9.17) is 5.73 Å². The summed E-state index contributed by atoms with van der Waals surface area (Å²) in [5.74, 6) is 0.629. The van der Waals surface area contributed by atoms with Gasteiger partial charge in [0.25, 0.3) is 5.91 Å². The summed E-state index contributed by atoms with van der Waals surface area (Å²) in [6, 6.07) is 16.3. The van der Waals surface area contributed by atoms with Crippen molar-refractivity contribution in [2.24, 2.45) is 5.92 Å². The van der Waals surface area contributed by atoms with Crippen LogP contribution in [0.4, 0.5) is 11.4 Å². The zero-order chi connectivity index (χ0) is 16.9. The highest BCUT2D eigenvalue weighted by Gasteiger charge is 2.23. The summed E-state index contributed by atoms with van der Waals surface area (Å²) in [6.45, 7) is 1.96. The highest BCUT2D eigenvalue weighted by atomic mass is 16.1. The van der Waals surface area contributed by atoms with E-state index in [1.165, 1.54) is 5.56 Å². The zero-order valence-corrected chi connectivity index (χ0v) is 14.2. The van der Waals surface area contributed by atoms with E-state index < -0.39 is 0 Å². The van der Waals surface area contributed by atoms with Crippen molar-refractivity contribution in [1.82, 2.24) is 5.32 Å². The summed E-state index contributed by atoms with van der Waals surface area (Å²) in [7, 11) is 1.65. The lowest BCUT2D eigenvalue weighted by molar-refractivity contribution is 0.0963. The van der Waals surface area contributed by atoms with Crippen molar-refractivity contribution in [2.75, 3.05) is 30.8 Å². The molecule has 0 unspecified atom stereocenters. The normalized spacial score (nSPS) is 15.3. The fraction of sp³-hybridized carbons (Fsp3) is 0.350. The third kappa shape index (κ3) is 3.70. The first kappa shape index (κ1) is 16.4. The molecule has 1 amide bonds. The quantitative estimate of drug-likeness (QED) is 0.850. The number of rotatable bonds is 4. The molecule has 0 aliphatic carbocycles. The maximum atomic E-state index is 12.1. The van der Waals surface area contributed by atoms with E-state index >= 15 is 0 Å². The number of carbonyl (C=O) groups is 1. The van der Waals surface area contributed by atoms with Gasteiger partial charge in [0.15, 0.2) is 0 Å². The molecule has 1 aliphatic heterocycles. The Hall–Kier alpha value is -2.49.